The van der Waals surface area contributed by atoms with Crippen molar-refractivity contribution in [2.45, 2.75) is 76.9 Å². The number of alkyl halides is 5. The lowest BCUT2D eigenvalue weighted by atomic mass is 9.88. The number of urea groups is 1. The lowest BCUT2D eigenvalue weighted by molar-refractivity contribution is -0.181. The molecule has 1 N–H and O–H groups in total. The minimum Gasteiger partial charge on any atom is -0.409 e. The number of anilines is 2. The third kappa shape index (κ3) is 5.65. The topological polar surface area (TPSA) is 115 Å². The molecule has 18 heteroatoms. The minimum atomic E-state index is -4.80. The SMILES string of the molecule is CC(O[Si](C)(C)C(C)(C)C)c1cnnn1-c1ncc(NC(=O)N2C[C@@](C)(C(F)(F)F)c3c2cnc2cc(Cl)nn32)cc1C(F)F. The van der Waals surface area contributed by atoms with Crippen molar-refractivity contribution >= 4 is 43.0 Å². The van der Waals surface area contributed by atoms with Crippen LogP contribution >= 0.6 is 11.6 Å². The molecule has 1 aliphatic heterocycles. The van der Waals surface area contributed by atoms with Gasteiger partial charge in [0.25, 0.3) is 6.43 Å². The number of fused-ring (bicyclic) bond motifs is 3. The molecule has 242 valence electrons. The molecule has 0 fully saturated rings. The van der Waals surface area contributed by atoms with Crippen LogP contribution in [-0.2, 0) is 9.84 Å². The number of carbonyl (C=O) groups is 1. The van der Waals surface area contributed by atoms with Gasteiger partial charge in [0, 0.05) is 12.6 Å². The number of pyridine rings is 1. The number of nitrogens with zero attached hydrogens (tertiary/aromatic N) is 8. The summed E-state index contributed by atoms with van der Waals surface area (Å²) in [4.78, 5) is 22.5. The van der Waals surface area contributed by atoms with E-state index in [-0.39, 0.29) is 38.7 Å². The van der Waals surface area contributed by atoms with Gasteiger partial charge in [0.1, 0.15) is 5.41 Å². The highest BCUT2D eigenvalue weighted by atomic mass is 35.5. The molecular formula is C27H31ClF5N9O2Si. The summed E-state index contributed by atoms with van der Waals surface area (Å²) in [5.41, 5.74) is -3.35. The second-order valence-corrected chi connectivity index (χ2v) is 17.7. The van der Waals surface area contributed by atoms with Gasteiger partial charge < -0.3 is 9.74 Å². The van der Waals surface area contributed by atoms with Gasteiger partial charge in [0.15, 0.2) is 24.9 Å². The summed E-state index contributed by atoms with van der Waals surface area (Å²) >= 11 is 5.93. The number of aromatic nitrogens is 7. The predicted octanol–water partition coefficient (Wildman–Crippen LogP) is 7.25. The maximum absolute atomic E-state index is 14.4. The van der Waals surface area contributed by atoms with E-state index in [0.29, 0.717) is 5.69 Å². The summed E-state index contributed by atoms with van der Waals surface area (Å²) < 4.78 is 80.5. The van der Waals surface area contributed by atoms with Crippen molar-refractivity contribution in [2.24, 2.45) is 0 Å². The van der Waals surface area contributed by atoms with E-state index < -0.39 is 50.6 Å². The largest absolute Gasteiger partial charge is 0.409 e. The standard InChI is InChI=1S/C27H31ClF5N9O2Si/c1-14(44-45(6,7)25(2,3)4)17-12-36-39-41(17)23-16(22(29)30)8-15(10-35-23)37-24(43)40-13-26(5,27(31,32)33)21-18(40)11-34-20-9-19(28)38-42(20)21/h8-12,14,22H,13H2,1-7H3,(H,37,43)/t14?,26-/m1/s1. The van der Waals surface area contributed by atoms with Gasteiger partial charge >= 0.3 is 12.2 Å². The fourth-order valence-electron chi connectivity index (χ4n) is 4.93. The predicted molar refractivity (Wildman–Crippen MR) is 159 cm³/mol. The molecule has 0 radical (unpaired) electrons. The molecular weight excluding hydrogens is 641 g/mol. The molecule has 11 nitrogen and oxygen atoms in total. The number of hydrogen-bond donors (Lipinski definition) is 1. The molecule has 5 heterocycles. The Bertz CT molecular complexity index is 1770. The molecule has 4 aromatic rings. The van der Waals surface area contributed by atoms with Gasteiger partial charge in [-0.1, -0.05) is 37.6 Å². The molecule has 0 saturated carbocycles. The molecule has 5 rings (SSSR count). The molecule has 1 unspecified atom stereocenters. The Hall–Kier alpha value is -3.70. The zero-order chi connectivity index (χ0) is 33.3. The van der Waals surface area contributed by atoms with E-state index in [1.165, 1.54) is 12.3 Å². The first-order valence-corrected chi connectivity index (χ1v) is 17.1. The van der Waals surface area contributed by atoms with Gasteiger partial charge in [-0.05, 0) is 38.0 Å². The highest BCUT2D eigenvalue weighted by Gasteiger charge is 2.60. The molecule has 45 heavy (non-hydrogen) atoms. The Balaban J connectivity index is 1.47. The maximum atomic E-state index is 14.4. The van der Waals surface area contributed by atoms with Crippen molar-refractivity contribution < 1.29 is 31.2 Å². The van der Waals surface area contributed by atoms with E-state index in [1.807, 2.05) is 0 Å². The van der Waals surface area contributed by atoms with Crippen LogP contribution in [0.5, 0.6) is 0 Å². The van der Waals surface area contributed by atoms with E-state index in [9.17, 15) is 26.7 Å². The minimum absolute atomic E-state index is 0.0642. The Morgan fingerprint density at radius 3 is 2.44 bits per heavy atom. The van der Waals surface area contributed by atoms with Gasteiger partial charge in [-0.15, -0.1) is 5.10 Å². The highest BCUT2D eigenvalue weighted by molar-refractivity contribution is 6.74. The number of halogens is 6. The molecule has 0 spiro atoms. The highest BCUT2D eigenvalue weighted by Crippen LogP contribution is 2.50. The van der Waals surface area contributed by atoms with Gasteiger partial charge in [0.05, 0.1) is 53.0 Å². The van der Waals surface area contributed by atoms with Crippen molar-refractivity contribution in [3.63, 3.8) is 0 Å². The Kier molecular flexibility index (Phi) is 7.97. The van der Waals surface area contributed by atoms with E-state index in [0.717, 1.165) is 39.5 Å². The summed E-state index contributed by atoms with van der Waals surface area (Å²) in [5, 5.41) is 14.0. The summed E-state index contributed by atoms with van der Waals surface area (Å²) in [5.74, 6) is -0.237. The maximum Gasteiger partial charge on any atom is 0.401 e. The zero-order valence-electron chi connectivity index (χ0n) is 25.4. The fourth-order valence-corrected chi connectivity index (χ4v) is 6.46. The molecule has 2 atom stereocenters. The molecule has 1 aliphatic rings. The van der Waals surface area contributed by atoms with Gasteiger partial charge in [0.2, 0.25) is 0 Å². The number of nitrogens with one attached hydrogen (secondary N) is 1. The van der Waals surface area contributed by atoms with E-state index in [1.54, 1.807) is 6.92 Å². The van der Waals surface area contributed by atoms with E-state index in [4.69, 9.17) is 16.0 Å². The van der Waals surface area contributed by atoms with Crippen LogP contribution < -0.4 is 10.2 Å². The molecule has 0 bridgehead atoms. The van der Waals surface area contributed by atoms with Gasteiger partial charge in [-0.2, -0.15) is 23.0 Å². The van der Waals surface area contributed by atoms with Crippen molar-refractivity contribution in [2.75, 3.05) is 16.8 Å². The lowest BCUT2D eigenvalue weighted by Gasteiger charge is -2.38. The first kappa shape index (κ1) is 32.7. The number of carbonyl (C=O) groups excluding carboxylic acids is 1. The monoisotopic (exact) mass is 671 g/mol. The summed E-state index contributed by atoms with van der Waals surface area (Å²) in [7, 11) is -2.26. The molecule has 2 amide bonds. The van der Waals surface area contributed by atoms with Crippen LogP contribution in [0.25, 0.3) is 11.5 Å². The summed E-state index contributed by atoms with van der Waals surface area (Å²) in [6.07, 6.45) is -4.78. The first-order valence-electron chi connectivity index (χ1n) is 13.8. The van der Waals surface area contributed by atoms with E-state index in [2.05, 4.69) is 64.6 Å². The molecule has 4 aromatic heterocycles. The van der Waals surface area contributed by atoms with Crippen LogP contribution in [0.1, 0.15) is 64.1 Å². The van der Waals surface area contributed by atoms with Crippen molar-refractivity contribution in [3.05, 3.63) is 52.8 Å². The van der Waals surface area contributed by atoms with Crippen molar-refractivity contribution in [1.29, 1.82) is 0 Å². The quantitative estimate of drug-likeness (QED) is 0.170. The third-order valence-corrected chi connectivity index (χ3v) is 13.2. The van der Waals surface area contributed by atoms with Crippen LogP contribution in [0, 0.1) is 0 Å². The molecule has 0 saturated heterocycles. The first-order chi connectivity index (χ1) is 20.7. The van der Waals surface area contributed by atoms with Crippen LogP contribution in [-0.4, -0.2) is 61.6 Å². The number of rotatable bonds is 6. The third-order valence-electron chi connectivity index (χ3n) is 8.44. The Morgan fingerprint density at radius 2 is 1.82 bits per heavy atom. The van der Waals surface area contributed by atoms with Gasteiger partial charge in [-0.25, -0.2) is 28.1 Å². The smallest absolute Gasteiger partial charge is 0.401 e. The van der Waals surface area contributed by atoms with Crippen LogP contribution in [0.15, 0.2) is 30.7 Å². The van der Waals surface area contributed by atoms with Crippen LogP contribution in [0.3, 0.4) is 0 Å². The number of amides is 2. The van der Waals surface area contributed by atoms with Crippen molar-refractivity contribution in [3.8, 4) is 5.82 Å². The normalized spacial score (nSPS) is 18.1. The second kappa shape index (κ2) is 11.0. The molecule has 0 aromatic carbocycles. The van der Waals surface area contributed by atoms with Gasteiger partial charge in [-0.3, -0.25) is 4.90 Å². The average molecular weight is 672 g/mol. The molecule has 0 aliphatic carbocycles. The Labute approximate surface area is 260 Å². The van der Waals surface area contributed by atoms with Crippen molar-refractivity contribution in [1.82, 2.24) is 34.6 Å². The van der Waals surface area contributed by atoms with Crippen LogP contribution in [0.4, 0.5) is 38.1 Å². The summed E-state index contributed by atoms with van der Waals surface area (Å²) in [6.45, 7) is 12.2. The summed E-state index contributed by atoms with van der Waals surface area (Å²) in [6, 6.07) is 1.27. The second-order valence-electron chi connectivity index (χ2n) is 12.6. The average Bonchev–Trinajstić information content (AvgIpc) is 3.62. The van der Waals surface area contributed by atoms with Crippen LogP contribution in [0.2, 0.25) is 23.3 Å². The lowest BCUT2D eigenvalue weighted by Crippen LogP contribution is -2.46. The number of hydrogen-bond acceptors (Lipinski definition) is 7. The van der Waals surface area contributed by atoms with E-state index >= 15 is 0 Å². The fraction of sp³-hybridized carbons (Fsp3) is 0.481. The zero-order valence-corrected chi connectivity index (χ0v) is 27.2. The Morgan fingerprint density at radius 1 is 1.13 bits per heavy atom.